The zero-order valence-corrected chi connectivity index (χ0v) is 17.3. The van der Waals surface area contributed by atoms with Gasteiger partial charge in [0.25, 0.3) is 0 Å². The molecule has 8 heteroatoms. The summed E-state index contributed by atoms with van der Waals surface area (Å²) >= 11 is 0. The van der Waals surface area contributed by atoms with Gasteiger partial charge < -0.3 is 15.0 Å². The number of aromatic nitrogens is 2. The Balaban J connectivity index is 1.61. The average Bonchev–Trinajstić information content (AvgIpc) is 2.99. The third-order valence-corrected chi connectivity index (χ3v) is 4.92. The van der Waals surface area contributed by atoms with Gasteiger partial charge in [-0.2, -0.15) is 9.98 Å². The summed E-state index contributed by atoms with van der Waals surface area (Å²) in [4.78, 5) is 20.1. The first-order valence-corrected chi connectivity index (χ1v) is 10.3. The van der Waals surface area contributed by atoms with E-state index < -0.39 is 0 Å². The molecule has 2 aromatic heterocycles. The lowest BCUT2D eigenvalue weighted by atomic mass is 10.2. The summed E-state index contributed by atoms with van der Waals surface area (Å²) in [5.41, 5.74) is 1.20. The molecule has 0 atom stereocenters. The van der Waals surface area contributed by atoms with Gasteiger partial charge in [-0.15, -0.1) is 0 Å². The van der Waals surface area contributed by atoms with E-state index >= 15 is 0 Å². The average molecular weight is 416 g/mol. The van der Waals surface area contributed by atoms with Crippen LogP contribution in [-0.2, 0) is 11.2 Å². The van der Waals surface area contributed by atoms with Crippen LogP contribution >= 0.6 is 0 Å². The first-order valence-electron chi connectivity index (χ1n) is 10.3. The van der Waals surface area contributed by atoms with Gasteiger partial charge in [0, 0.05) is 41.6 Å². The van der Waals surface area contributed by atoms with Crippen molar-refractivity contribution in [3.05, 3.63) is 76.5 Å². The molecule has 0 amide bonds. The lowest BCUT2D eigenvalue weighted by molar-refractivity contribution is 0.0676. The second-order valence-corrected chi connectivity index (χ2v) is 7.16. The summed E-state index contributed by atoms with van der Waals surface area (Å²) in [5.74, 6) is 2.00. The Morgan fingerprint density at radius 2 is 2.00 bits per heavy atom. The summed E-state index contributed by atoms with van der Waals surface area (Å²) in [6.45, 7) is 6.64. The van der Waals surface area contributed by atoms with Crippen LogP contribution in [0.2, 0.25) is 0 Å². The zero-order valence-electron chi connectivity index (χ0n) is 17.3. The Kier molecular flexibility index (Phi) is 6.59. The van der Waals surface area contributed by atoms with Crippen molar-refractivity contribution in [3.8, 4) is 0 Å². The molecule has 0 saturated carbocycles. The fraction of sp³-hybridized carbons (Fsp3) is 0.261. The number of aliphatic imine (C=N–C) groups is 2. The summed E-state index contributed by atoms with van der Waals surface area (Å²) in [6, 6.07) is 9.59. The molecular weight excluding hydrogens is 390 g/mol. The minimum atomic E-state index is 0.142. The molecule has 8 nitrogen and oxygen atoms in total. The fourth-order valence-electron chi connectivity index (χ4n) is 3.17. The summed E-state index contributed by atoms with van der Waals surface area (Å²) < 4.78 is 5.46. The molecule has 2 aromatic rings. The fourth-order valence-corrected chi connectivity index (χ4v) is 3.17. The normalized spacial score (nSPS) is 18.4. The molecule has 2 aliphatic heterocycles. The molecule has 4 heterocycles. The van der Waals surface area contributed by atoms with Crippen molar-refractivity contribution in [2.45, 2.75) is 12.8 Å². The number of hydrogen-bond acceptors (Lipinski definition) is 8. The van der Waals surface area contributed by atoms with Gasteiger partial charge in [-0.3, -0.25) is 10.4 Å². The highest BCUT2D eigenvalue weighted by molar-refractivity contribution is 6.08. The molecule has 0 spiro atoms. The van der Waals surface area contributed by atoms with Crippen molar-refractivity contribution in [1.29, 1.82) is 5.41 Å². The van der Waals surface area contributed by atoms with Crippen LogP contribution in [0.5, 0.6) is 0 Å². The number of ether oxygens (including phenoxy) is 1. The molecule has 158 valence electrons. The highest BCUT2D eigenvalue weighted by atomic mass is 16.5. The monoisotopic (exact) mass is 415 g/mol. The minimum Gasteiger partial charge on any atom is -0.378 e. The Morgan fingerprint density at radius 1 is 1.13 bits per heavy atom. The Morgan fingerprint density at radius 3 is 2.81 bits per heavy atom. The van der Waals surface area contributed by atoms with Crippen LogP contribution in [0.3, 0.4) is 0 Å². The van der Waals surface area contributed by atoms with E-state index in [0.29, 0.717) is 36.0 Å². The van der Waals surface area contributed by atoms with Gasteiger partial charge in [0.15, 0.2) is 5.49 Å². The number of aryl methyl sites for hydroxylation is 1. The number of allylic oxidation sites excluding steroid dienone is 1. The molecule has 0 bridgehead atoms. The van der Waals surface area contributed by atoms with Crippen LogP contribution in [0.1, 0.15) is 12.1 Å². The predicted octanol–water partition coefficient (Wildman–Crippen LogP) is 0.311. The van der Waals surface area contributed by atoms with Gasteiger partial charge in [0.05, 0.1) is 13.2 Å². The van der Waals surface area contributed by atoms with E-state index in [9.17, 15) is 0 Å². The Hall–Kier alpha value is -3.65. The first kappa shape index (κ1) is 20.6. The van der Waals surface area contributed by atoms with Crippen molar-refractivity contribution in [1.82, 2.24) is 20.2 Å². The summed E-state index contributed by atoms with van der Waals surface area (Å²) in [7, 11) is 0. The Labute approximate surface area is 180 Å². The first-order chi connectivity index (χ1) is 15.2. The number of amidine groups is 1. The van der Waals surface area contributed by atoms with E-state index in [4.69, 9.17) is 20.1 Å². The van der Waals surface area contributed by atoms with Gasteiger partial charge in [-0.25, -0.2) is 4.98 Å². The molecule has 0 radical (unpaired) electrons. The molecule has 1 fully saturated rings. The van der Waals surface area contributed by atoms with Crippen molar-refractivity contribution in [3.63, 3.8) is 0 Å². The maximum absolute atomic E-state index is 7.87. The van der Waals surface area contributed by atoms with E-state index in [-0.39, 0.29) is 5.49 Å². The van der Waals surface area contributed by atoms with Gasteiger partial charge in [-0.05, 0) is 37.1 Å². The van der Waals surface area contributed by atoms with Crippen molar-refractivity contribution in [2.75, 3.05) is 26.3 Å². The van der Waals surface area contributed by atoms with Crippen molar-refractivity contribution in [2.24, 2.45) is 9.98 Å². The number of guanidine groups is 1. The largest absolute Gasteiger partial charge is 0.378 e. The number of rotatable bonds is 4. The number of pyridine rings is 1. The van der Waals surface area contributed by atoms with E-state index in [2.05, 4.69) is 32.8 Å². The van der Waals surface area contributed by atoms with Crippen molar-refractivity contribution >= 4 is 24.2 Å². The van der Waals surface area contributed by atoms with Crippen LogP contribution in [0.4, 0.5) is 0 Å². The zero-order chi connectivity index (χ0) is 21.5. The molecule has 1 saturated heterocycles. The van der Waals surface area contributed by atoms with E-state index in [0.717, 1.165) is 36.8 Å². The third-order valence-electron chi connectivity index (χ3n) is 4.92. The minimum absolute atomic E-state index is 0.142. The van der Waals surface area contributed by atoms with E-state index in [1.807, 2.05) is 36.5 Å². The smallest absolute Gasteiger partial charge is 0.229 e. The van der Waals surface area contributed by atoms with Crippen LogP contribution in [-0.4, -0.2) is 53.0 Å². The molecule has 4 rings (SSSR count). The maximum Gasteiger partial charge on any atom is 0.229 e. The molecule has 0 aliphatic carbocycles. The number of nitrogens with one attached hydrogen (secondary N) is 2. The third kappa shape index (κ3) is 5.49. The molecule has 2 aliphatic rings. The number of hydrogen-bond donors (Lipinski definition) is 2. The maximum atomic E-state index is 7.87. The number of morpholine rings is 1. The standard InChI is InChI=1S/C23H25N7O/c1-17-9-10-18(16-26-21(17)24)22-27-20(8-3-2-6-19-7-4-5-11-25-19)28-23(29-22)30-12-14-31-15-13-30/h3-5,7-11,16,24H,1-2,6,12-15H2,(H,27,28,29)/b8-3+,22-18?,24-21?. The highest BCUT2D eigenvalue weighted by Gasteiger charge is 2.19. The van der Waals surface area contributed by atoms with Crippen LogP contribution in [0.15, 0.2) is 64.9 Å². The SMILES string of the molecule is C=c1ccc(=C2N=C(N3CCOCC3)N=C(/C=C/CCc3ccccn3)N2)cnc1=N. The van der Waals surface area contributed by atoms with Crippen LogP contribution in [0.25, 0.3) is 12.4 Å². The molecule has 2 N–H and O–H groups in total. The lowest BCUT2D eigenvalue weighted by Gasteiger charge is -2.29. The van der Waals surface area contributed by atoms with E-state index in [1.54, 1.807) is 12.3 Å². The molecule has 31 heavy (non-hydrogen) atoms. The highest BCUT2D eigenvalue weighted by Crippen LogP contribution is 2.08. The second kappa shape index (κ2) is 9.90. The lowest BCUT2D eigenvalue weighted by Crippen LogP contribution is -2.43. The van der Waals surface area contributed by atoms with Crippen LogP contribution < -0.4 is 21.2 Å². The quantitative estimate of drug-likeness (QED) is 0.749. The topological polar surface area (TPSA) is 98.8 Å². The van der Waals surface area contributed by atoms with Crippen molar-refractivity contribution < 1.29 is 4.74 Å². The van der Waals surface area contributed by atoms with Gasteiger partial charge in [-0.1, -0.05) is 24.8 Å². The Bertz CT molecular complexity index is 1150. The molecule has 0 aromatic carbocycles. The van der Waals surface area contributed by atoms with E-state index in [1.165, 1.54) is 0 Å². The van der Waals surface area contributed by atoms with Gasteiger partial charge in [0.2, 0.25) is 5.96 Å². The number of nitrogens with zero attached hydrogens (tertiary/aromatic N) is 5. The predicted molar refractivity (Wildman–Crippen MR) is 120 cm³/mol. The van der Waals surface area contributed by atoms with Gasteiger partial charge in [0.1, 0.15) is 11.7 Å². The van der Waals surface area contributed by atoms with Crippen LogP contribution in [0, 0.1) is 5.41 Å². The summed E-state index contributed by atoms with van der Waals surface area (Å²) in [5, 5.41) is 12.5. The molecule has 0 unspecified atom stereocenters. The van der Waals surface area contributed by atoms with Gasteiger partial charge >= 0.3 is 0 Å². The second-order valence-electron chi connectivity index (χ2n) is 7.16. The molecular formula is C23H25N7O. The summed E-state index contributed by atoms with van der Waals surface area (Å²) in [6.07, 6.45) is 9.21.